The van der Waals surface area contributed by atoms with E-state index in [1.165, 1.54) is 11.8 Å². The maximum absolute atomic E-state index is 10.3. The fourth-order valence-electron chi connectivity index (χ4n) is 5.54. The smallest absolute Gasteiger partial charge is 0.152 e. The Morgan fingerprint density at radius 1 is 1.26 bits per heavy atom. The van der Waals surface area contributed by atoms with Crippen molar-refractivity contribution in [3.63, 3.8) is 0 Å². The van der Waals surface area contributed by atoms with E-state index >= 15 is 0 Å². The first kappa shape index (κ1) is 22.5. The number of aliphatic hydroxyl groups is 2. The zero-order valence-corrected chi connectivity index (χ0v) is 20.5. The van der Waals surface area contributed by atoms with E-state index in [1.807, 2.05) is 6.07 Å². The molecule has 0 amide bonds. The molecule has 1 atom stereocenters. The van der Waals surface area contributed by atoms with Crippen LogP contribution in [0.3, 0.4) is 0 Å². The number of piperidine rings is 1. The van der Waals surface area contributed by atoms with Crippen LogP contribution in [0.4, 0.5) is 5.82 Å². The third-order valence-corrected chi connectivity index (χ3v) is 8.87. The minimum Gasteiger partial charge on any atom is -0.390 e. The predicted octanol–water partition coefficient (Wildman–Crippen LogP) is 4.03. The molecule has 1 spiro atoms. The topological polar surface area (TPSA) is 107 Å². The third-order valence-electron chi connectivity index (χ3n) is 7.54. The third kappa shape index (κ3) is 3.97. The summed E-state index contributed by atoms with van der Waals surface area (Å²) >= 11 is 7.93. The number of ether oxygens (including phenoxy) is 1. The lowest BCUT2D eigenvalue weighted by molar-refractivity contribution is 0.133. The average Bonchev–Trinajstić information content (AvgIpc) is 3.45. The van der Waals surface area contributed by atoms with Crippen LogP contribution < -0.4 is 4.90 Å². The number of aryl methyl sites for hydroxylation is 1. The van der Waals surface area contributed by atoms with Crippen LogP contribution >= 0.6 is 23.4 Å². The number of H-pyrrole nitrogens is 1. The quantitative estimate of drug-likeness (QED) is 0.460. The van der Waals surface area contributed by atoms with Crippen molar-refractivity contribution in [2.75, 3.05) is 31.2 Å². The summed E-state index contributed by atoms with van der Waals surface area (Å²) in [5, 5.41) is 21.4. The van der Waals surface area contributed by atoms with Crippen LogP contribution in [0.1, 0.15) is 55.2 Å². The summed E-state index contributed by atoms with van der Waals surface area (Å²) in [5.41, 5.74) is 4.50. The molecule has 3 aromatic heterocycles. The molecule has 1 aliphatic carbocycles. The highest BCUT2D eigenvalue weighted by molar-refractivity contribution is 7.99. The summed E-state index contributed by atoms with van der Waals surface area (Å²) < 4.78 is 5.64. The van der Waals surface area contributed by atoms with Crippen LogP contribution in [0.5, 0.6) is 0 Å². The van der Waals surface area contributed by atoms with Gasteiger partial charge in [-0.1, -0.05) is 23.4 Å². The van der Waals surface area contributed by atoms with Crippen molar-refractivity contribution >= 4 is 40.2 Å². The van der Waals surface area contributed by atoms with Gasteiger partial charge in [0.25, 0.3) is 0 Å². The number of pyridine rings is 1. The number of nitrogens with zero attached hydrogens (tertiary/aromatic N) is 4. The van der Waals surface area contributed by atoms with Gasteiger partial charge in [-0.25, -0.2) is 15.0 Å². The average molecular weight is 502 g/mol. The monoisotopic (exact) mass is 501 g/mol. The van der Waals surface area contributed by atoms with Crippen LogP contribution in [0, 0.1) is 5.41 Å². The van der Waals surface area contributed by atoms with Crippen molar-refractivity contribution < 1.29 is 14.9 Å². The highest BCUT2D eigenvalue weighted by atomic mass is 35.5. The Balaban J connectivity index is 1.24. The Hall–Kier alpha value is -1.91. The van der Waals surface area contributed by atoms with Crippen LogP contribution in [0.2, 0.25) is 5.15 Å². The molecule has 0 radical (unpaired) electrons. The van der Waals surface area contributed by atoms with Gasteiger partial charge in [0, 0.05) is 31.0 Å². The van der Waals surface area contributed by atoms with E-state index in [0.717, 1.165) is 97.8 Å². The Labute approximate surface area is 207 Å². The van der Waals surface area contributed by atoms with E-state index in [0.29, 0.717) is 21.3 Å². The number of nitrogens with one attached hydrogen (secondary N) is 1. The second kappa shape index (κ2) is 8.95. The predicted molar refractivity (Wildman–Crippen MR) is 130 cm³/mol. The molecular weight excluding hydrogens is 474 g/mol. The van der Waals surface area contributed by atoms with Crippen molar-refractivity contribution in [2.24, 2.45) is 5.41 Å². The minimum absolute atomic E-state index is 0.173. The van der Waals surface area contributed by atoms with E-state index in [2.05, 4.69) is 19.9 Å². The van der Waals surface area contributed by atoms with E-state index in [-0.39, 0.29) is 6.61 Å². The van der Waals surface area contributed by atoms with Crippen LogP contribution in [0.15, 0.2) is 22.2 Å². The number of aliphatic hydroxyl groups excluding tert-OH is 2. The fraction of sp³-hybridized carbons (Fsp3) is 0.542. The second-order valence-electron chi connectivity index (χ2n) is 9.63. The molecule has 2 aliphatic heterocycles. The molecule has 0 saturated carbocycles. The Morgan fingerprint density at radius 2 is 2.12 bits per heavy atom. The van der Waals surface area contributed by atoms with E-state index in [9.17, 15) is 10.2 Å². The molecule has 180 valence electrons. The Bertz CT molecular complexity index is 1220. The largest absolute Gasteiger partial charge is 0.390 e. The Morgan fingerprint density at radius 3 is 2.88 bits per heavy atom. The highest BCUT2D eigenvalue weighted by Crippen LogP contribution is 2.41. The van der Waals surface area contributed by atoms with Gasteiger partial charge in [-0.05, 0) is 50.0 Å². The summed E-state index contributed by atoms with van der Waals surface area (Å²) in [6.45, 7) is 3.34. The Kier molecular flexibility index (Phi) is 5.93. The van der Waals surface area contributed by atoms with Crippen molar-refractivity contribution in [1.82, 2.24) is 19.9 Å². The van der Waals surface area contributed by atoms with Crippen molar-refractivity contribution in [3.05, 3.63) is 34.4 Å². The number of anilines is 1. The standard InChI is InChI=1S/C24H28ClN5O3S/c25-22-18(10-15-20(29-22)14-2-1-3-17(32)21(14)28-15)34-19-11-26-23(16(12-31)27-19)30-7-4-24(5-8-30)6-9-33-13-24/h10-11,17,28,31-32H,1-9,12-13H2. The molecule has 1 unspecified atom stereocenters. The van der Waals surface area contributed by atoms with Gasteiger partial charge in [-0.2, -0.15) is 0 Å². The van der Waals surface area contributed by atoms with Crippen molar-refractivity contribution in [2.45, 2.75) is 61.2 Å². The van der Waals surface area contributed by atoms with Gasteiger partial charge in [-0.15, -0.1) is 0 Å². The molecule has 2 fully saturated rings. The summed E-state index contributed by atoms with van der Waals surface area (Å²) in [6.07, 6.45) is 7.13. The number of halogens is 1. The molecule has 6 rings (SSSR count). The number of fused-ring (bicyclic) bond motifs is 3. The maximum atomic E-state index is 10.3. The summed E-state index contributed by atoms with van der Waals surface area (Å²) in [5.74, 6) is 0.756. The number of aromatic amines is 1. The van der Waals surface area contributed by atoms with Gasteiger partial charge < -0.3 is 24.8 Å². The number of hydrogen-bond acceptors (Lipinski definition) is 8. The van der Waals surface area contributed by atoms with E-state index in [1.54, 1.807) is 6.20 Å². The van der Waals surface area contributed by atoms with Gasteiger partial charge in [0.1, 0.15) is 15.9 Å². The number of aromatic nitrogens is 4. The lowest BCUT2D eigenvalue weighted by Gasteiger charge is -2.39. The zero-order chi connectivity index (χ0) is 23.3. The van der Waals surface area contributed by atoms with Crippen molar-refractivity contribution in [1.29, 1.82) is 0 Å². The van der Waals surface area contributed by atoms with E-state index < -0.39 is 6.10 Å². The SMILES string of the molecule is OCc1nc(Sc2cc3[nH]c4c(c3nc2Cl)CCCC4O)cnc1N1CCC2(CCOC2)CC1. The first-order valence-corrected chi connectivity index (χ1v) is 13.1. The van der Waals surface area contributed by atoms with Gasteiger partial charge in [-0.3, -0.25) is 0 Å². The molecule has 34 heavy (non-hydrogen) atoms. The van der Waals surface area contributed by atoms with Gasteiger partial charge in [0.05, 0.1) is 41.4 Å². The maximum Gasteiger partial charge on any atom is 0.152 e. The summed E-state index contributed by atoms with van der Waals surface area (Å²) in [6, 6.07) is 1.96. The molecule has 0 aromatic carbocycles. The lowest BCUT2D eigenvalue weighted by Crippen LogP contribution is -2.41. The first-order valence-electron chi connectivity index (χ1n) is 11.9. The van der Waals surface area contributed by atoms with Crippen LogP contribution in [-0.2, 0) is 17.8 Å². The van der Waals surface area contributed by atoms with E-state index in [4.69, 9.17) is 21.3 Å². The minimum atomic E-state index is -0.482. The van der Waals surface area contributed by atoms with Gasteiger partial charge >= 0.3 is 0 Å². The van der Waals surface area contributed by atoms with Crippen molar-refractivity contribution in [3.8, 4) is 0 Å². The second-order valence-corrected chi connectivity index (χ2v) is 11.0. The molecule has 2 saturated heterocycles. The molecule has 0 bridgehead atoms. The molecule has 5 heterocycles. The highest BCUT2D eigenvalue weighted by Gasteiger charge is 2.38. The molecule has 3 aliphatic rings. The molecule has 3 aromatic rings. The van der Waals surface area contributed by atoms with Crippen LogP contribution in [-0.4, -0.2) is 56.5 Å². The molecule has 10 heteroatoms. The van der Waals surface area contributed by atoms with Crippen LogP contribution in [0.25, 0.3) is 11.0 Å². The van der Waals surface area contributed by atoms with Gasteiger partial charge in [0.2, 0.25) is 0 Å². The first-order chi connectivity index (χ1) is 16.5. The van der Waals surface area contributed by atoms with Gasteiger partial charge in [0.15, 0.2) is 5.82 Å². The zero-order valence-electron chi connectivity index (χ0n) is 18.9. The fourth-order valence-corrected chi connectivity index (χ4v) is 6.59. The molecular formula is C24H28ClN5O3S. The lowest BCUT2D eigenvalue weighted by atomic mass is 9.78. The molecule has 3 N–H and O–H groups in total. The number of hydrogen-bond donors (Lipinski definition) is 3. The molecule has 8 nitrogen and oxygen atoms in total. The normalized spacial score (nSPS) is 22.0. The summed E-state index contributed by atoms with van der Waals surface area (Å²) in [4.78, 5) is 20.3. The summed E-state index contributed by atoms with van der Waals surface area (Å²) in [7, 11) is 0. The number of rotatable bonds is 4.